The number of alkyl halides is 2. The molecular formula is C41H56ClF2N3O6. The summed E-state index contributed by atoms with van der Waals surface area (Å²) in [7, 11) is 3.04. The van der Waals surface area contributed by atoms with Crippen LogP contribution in [0.3, 0.4) is 0 Å². The number of ether oxygens (including phenoxy) is 3. The molecule has 1 saturated heterocycles. The Balaban J connectivity index is 1.38. The first-order valence-electron chi connectivity index (χ1n) is 19.0. The second kappa shape index (κ2) is 18.9. The lowest BCUT2D eigenvalue weighted by Gasteiger charge is -2.44. The van der Waals surface area contributed by atoms with Gasteiger partial charge in [-0.2, -0.15) is 0 Å². The lowest BCUT2D eigenvalue weighted by atomic mass is 9.70. The van der Waals surface area contributed by atoms with Crippen LogP contribution in [-0.2, 0) is 25.5 Å². The molecule has 0 aromatic heterocycles. The number of rotatable bonds is 16. The SMILES string of the molecule is CCCc1cc(Cl)ccc1C1COc2ccc(C(O)C(=O)OC)cc2N(CC2CCC2C(/C=C/CCN(C)C(C)=O)OCCN2CCC(F)(F)CC2)C1. The van der Waals surface area contributed by atoms with Gasteiger partial charge in [0.1, 0.15) is 5.75 Å². The molecule has 1 N–H and O–H groups in total. The van der Waals surface area contributed by atoms with E-state index in [1.54, 1.807) is 24.9 Å². The zero-order chi connectivity index (χ0) is 38.1. The summed E-state index contributed by atoms with van der Waals surface area (Å²) in [4.78, 5) is 30.2. The van der Waals surface area contributed by atoms with Crippen LogP contribution in [0.25, 0.3) is 0 Å². The van der Waals surface area contributed by atoms with E-state index in [2.05, 4.69) is 34.9 Å². The number of carbonyl (C=O) groups excluding carboxylic acids is 2. The van der Waals surface area contributed by atoms with Crippen molar-refractivity contribution in [1.29, 1.82) is 0 Å². The van der Waals surface area contributed by atoms with Gasteiger partial charge in [0.15, 0.2) is 6.10 Å². The molecule has 12 heteroatoms. The first-order chi connectivity index (χ1) is 25.4. The third-order valence-electron chi connectivity index (χ3n) is 11.2. The van der Waals surface area contributed by atoms with Crippen molar-refractivity contribution in [3.63, 3.8) is 0 Å². The maximum Gasteiger partial charge on any atom is 0.339 e. The fraction of sp³-hybridized carbons (Fsp3) is 0.610. The van der Waals surface area contributed by atoms with E-state index in [-0.39, 0.29) is 42.6 Å². The highest BCUT2D eigenvalue weighted by Gasteiger charge is 2.40. The number of aliphatic hydroxyl groups is 1. The Labute approximate surface area is 318 Å². The van der Waals surface area contributed by atoms with Crippen molar-refractivity contribution in [3.8, 4) is 5.75 Å². The molecule has 292 valence electrons. The van der Waals surface area contributed by atoms with Crippen LogP contribution < -0.4 is 9.64 Å². The lowest BCUT2D eigenvalue weighted by molar-refractivity contribution is -0.150. The van der Waals surface area contributed by atoms with E-state index < -0.39 is 18.0 Å². The zero-order valence-electron chi connectivity index (χ0n) is 31.6. The summed E-state index contributed by atoms with van der Waals surface area (Å²) in [6.07, 6.45) is 6.89. The van der Waals surface area contributed by atoms with Gasteiger partial charge in [0.05, 0.1) is 32.1 Å². The molecule has 1 saturated carbocycles. The number of benzene rings is 2. The quantitative estimate of drug-likeness (QED) is 0.144. The van der Waals surface area contributed by atoms with Gasteiger partial charge in [0.25, 0.3) is 5.92 Å². The summed E-state index contributed by atoms with van der Waals surface area (Å²) >= 11 is 6.45. The van der Waals surface area contributed by atoms with Crippen LogP contribution >= 0.6 is 11.6 Å². The number of aryl methyl sites for hydroxylation is 1. The highest BCUT2D eigenvalue weighted by molar-refractivity contribution is 6.30. The number of esters is 1. The summed E-state index contributed by atoms with van der Waals surface area (Å²) in [5.74, 6) is -2.11. The molecule has 0 spiro atoms. The third-order valence-corrected chi connectivity index (χ3v) is 11.4. The number of amides is 1. The van der Waals surface area contributed by atoms with Gasteiger partial charge in [-0.25, -0.2) is 13.6 Å². The average molecular weight is 760 g/mol. The Kier molecular flexibility index (Phi) is 14.6. The van der Waals surface area contributed by atoms with Crippen LogP contribution in [0.4, 0.5) is 14.5 Å². The predicted octanol–water partition coefficient (Wildman–Crippen LogP) is 7.05. The van der Waals surface area contributed by atoms with E-state index in [1.165, 1.54) is 18.2 Å². The average Bonchev–Trinajstić information content (AvgIpc) is 3.30. The Morgan fingerprint density at radius 1 is 1.17 bits per heavy atom. The van der Waals surface area contributed by atoms with Crippen molar-refractivity contribution in [2.75, 3.05) is 71.5 Å². The Morgan fingerprint density at radius 3 is 2.62 bits per heavy atom. The van der Waals surface area contributed by atoms with Crippen molar-refractivity contribution in [2.45, 2.75) is 82.8 Å². The van der Waals surface area contributed by atoms with Gasteiger partial charge in [-0.15, -0.1) is 0 Å². The normalized spacial score (nSPS) is 22.6. The number of methoxy groups -OCH3 is 1. The number of piperidine rings is 1. The minimum Gasteiger partial charge on any atom is -0.491 e. The molecular weight excluding hydrogens is 704 g/mol. The smallest absolute Gasteiger partial charge is 0.339 e. The van der Waals surface area contributed by atoms with Crippen molar-refractivity contribution in [3.05, 3.63) is 70.3 Å². The van der Waals surface area contributed by atoms with Gasteiger partial charge in [0, 0.05) is 77.0 Å². The lowest BCUT2D eigenvalue weighted by Crippen LogP contribution is -2.45. The fourth-order valence-electron chi connectivity index (χ4n) is 7.68. The highest BCUT2D eigenvalue weighted by Crippen LogP contribution is 2.43. The van der Waals surface area contributed by atoms with Crippen molar-refractivity contribution in [1.82, 2.24) is 9.80 Å². The molecule has 5 rings (SSSR count). The topological polar surface area (TPSA) is 91.8 Å². The molecule has 3 aliphatic rings. The molecule has 53 heavy (non-hydrogen) atoms. The monoisotopic (exact) mass is 759 g/mol. The van der Waals surface area contributed by atoms with Crippen LogP contribution in [0.5, 0.6) is 5.75 Å². The number of fused-ring (bicyclic) bond motifs is 1. The van der Waals surface area contributed by atoms with Gasteiger partial charge in [-0.3, -0.25) is 4.79 Å². The Hall–Kier alpha value is -3.25. The number of hydrogen-bond donors (Lipinski definition) is 1. The Bertz CT molecular complexity index is 1570. The highest BCUT2D eigenvalue weighted by atomic mass is 35.5. The van der Waals surface area contributed by atoms with E-state index in [0.717, 1.165) is 31.4 Å². The van der Waals surface area contributed by atoms with Crippen LogP contribution in [-0.4, -0.2) is 105 Å². The Morgan fingerprint density at radius 2 is 1.94 bits per heavy atom. The summed E-state index contributed by atoms with van der Waals surface area (Å²) in [6.45, 7) is 7.88. The molecule has 9 nitrogen and oxygen atoms in total. The molecule has 1 amide bonds. The fourth-order valence-corrected chi connectivity index (χ4v) is 7.88. The van der Waals surface area contributed by atoms with E-state index in [1.807, 2.05) is 24.3 Å². The van der Waals surface area contributed by atoms with Crippen LogP contribution in [0.15, 0.2) is 48.6 Å². The van der Waals surface area contributed by atoms with E-state index in [0.29, 0.717) is 75.2 Å². The molecule has 0 bridgehead atoms. The summed E-state index contributed by atoms with van der Waals surface area (Å²) < 4.78 is 45.4. The molecule has 1 aliphatic carbocycles. The number of anilines is 1. The van der Waals surface area contributed by atoms with E-state index in [4.69, 9.17) is 25.8 Å². The van der Waals surface area contributed by atoms with Gasteiger partial charge in [-0.1, -0.05) is 49.2 Å². The molecule has 2 fully saturated rings. The van der Waals surface area contributed by atoms with Gasteiger partial charge >= 0.3 is 5.97 Å². The minimum atomic E-state index is -2.59. The molecule has 2 aliphatic heterocycles. The second-order valence-electron chi connectivity index (χ2n) is 14.9. The van der Waals surface area contributed by atoms with Gasteiger partial charge in [-0.05, 0) is 78.5 Å². The van der Waals surface area contributed by atoms with Crippen LogP contribution in [0.2, 0.25) is 5.02 Å². The first-order valence-corrected chi connectivity index (χ1v) is 19.4. The second-order valence-corrected chi connectivity index (χ2v) is 15.3. The van der Waals surface area contributed by atoms with Crippen LogP contribution in [0.1, 0.15) is 81.1 Å². The van der Waals surface area contributed by atoms with Crippen molar-refractivity contribution < 1.29 is 37.7 Å². The maximum atomic E-state index is 13.8. The molecule has 2 aromatic rings. The predicted molar refractivity (Wildman–Crippen MR) is 203 cm³/mol. The van der Waals surface area contributed by atoms with E-state index in [9.17, 15) is 23.5 Å². The zero-order valence-corrected chi connectivity index (χ0v) is 32.3. The summed E-state index contributed by atoms with van der Waals surface area (Å²) in [5, 5.41) is 11.5. The van der Waals surface area contributed by atoms with Gasteiger partial charge < -0.3 is 34.0 Å². The standard InChI is InChI=1S/C41H56ClF2N3O6/c1-5-8-29-23-33(42)12-14-34(29)32-26-47(36-24-30(39(49)40(50)51-4)11-15-38(36)53-27-32)25-31-10-13-35(31)37(9-6-7-18-45(3)28(2)48)52-22-21-46-19-16-41(43,44)17-20-46/h6,9,11-12,14-15,23-24,31-32,35,37,39,49H,5,7-8,10,13,16-22,25-27H2,1-4H3/b9-6+. The molecule has 0 radical (unpaired) electrons. The third kappa shape index (κ3) is 10.9. The minimum absolute atomic E-state index is 0.0139. The molecule has 5 atom stereocenters. The summed E-state index contributed by atoms with van der Waals surface area (Å²) in [6, 6.07) is 11.5. The summed E-state index contributed by atoms with van der Waals surface area (Å²) in [5.41, 5.74) is 3.64. The molecule has 2 heterocycles. The van der Waals surface area contributed by atoms with Crippen LogP contribution in [0, 0.1) is 11.8 Å². The largest absolute Gasteiger partial charge is 0.491 e. The van der Waals surface area contributed by atoms with E-state index >= 15 is 0 Å². The first kappa shape index (κ1) is 40.9. The number of carbonyl (C=O) groups is 2. The molecule has 2 aromatic carbocycles. The van der Waals surface area contributed by atoms with Crippen molar-refractivity contribution in [2.24, 2.45) is 11.8 Å². The van der Waals surface area contributed by atoms with Crippen molar-refractivity contribution >= 4 is 29.2 Å². The number of likely N-dealkylation sites (tertiary alicyclic amines) is 1. The number of hydrogen-bond acceptors (Lipinski definition) is 8. The number of halogens is 3. The number of nitrogens with zero attached hydrogens (tertiary/aromatic N) is 3. The van der Waals surface area contributed by atoms with Gasteiger partial charge in [0.2, 0.25) is 5.91 Å². The maximum absolute atomic E-state index is 13.8. The number of aliphatic hydroxyl groups excluding tert-OH is 1. The molecule has 5 unspecified atom stereocenters.